The number of nitrogens with one attached hydrogen (secondary N) is 1. The minimum Gasteiger partial charge on any atom is -0.298 e. The molecule has 1 aliphatic rings. The highest BCUT2D eigenvalue weighted by Crippen LogP contribution is 2.27. The number of carbonyl (C=O) groups is 1. The lowest BCUT2D eigenvalue weighted by atomic mass is 10.1. The van der Waals surface area contributed by atoms with Crippen LogP contribution in [0.1, 0.15) is 33.6 Å². The van der Waals surface area contributed by atoms with E-state index in [1.807, 2.05) is 0 Å². The van der Waals surface area contributed by atoms with E-state index < -0.39 is 10.0 Å². The number of aromatic nitrogens is 1. The number of thiazole rings is 1. The van der Waals surface area contributed by atoms with Crippen molar-refractivity contribution in [3.63, 3.8) is 0 Å². The van der Waals surface area contributed by atoms with Gasteiger partial charge in [-0.1, -0.05) is 23.2 Å². The molecule has 2 aromatic carbocycles. The molecule has 0 unspecified atom stereocenters. The Balaban J connectivity index is 1.42. The van der Waals surface area contributed by atoms with Crippen LogP contribution in [0, 0.1) is 0 Å². The van der Waals surface area contributed by atoms with E-state index in [0.29, 0.717) is 40.3 Å². The van der Waals surface area contributed by atoms with Crippen LogP contribution in [0.4, 0.5) is 5.13 Å². The van der Waals surface area contributed by atoms with Gasteiger partial charge in [-0.3, -0.25) is 10.1 Å². The summed E-state index contributed by atoms with van der Waals surface area (Å²) in [6, 6.07) is 11.2. The lowest BCUT2D eigenvalue weighted by Crippen LogP contribution is -2.27. The number of sulfonamides is 1. The average Bonchev–Trinajstić information content (AvgIpc) is 3.44. The van der Waals surface area contributed by atoms with E-state index in [1.54, 1.807) is 24.4 Å². The molecule has 162 valence electrons. The smallest absolute Gasteiger partial charge is 0.257 e. The summed E-state index contributed by atoms with van der Waals surface area (Å²) in [6.07, 6.45) is 3.98. The largest absolute Gasteiger partial charge is 0.298 e. The average molecular weight is 496 g/mol. The van der Waals surface area contributed by atoms with E-state index in [2.05, 4.69) is 10.3 Å². The Morgan fingerprint density at radius 1 is 1.10 bits per heavy atom. The summed E-state index contributed by atoms with van der Waals surface area (Å²) in [5.41, 5.74) is 1.24. The van der Waals surface area contributed by atoms with Crippen molar-refractivity contribution in [1.82, 2.24) is 9.29 Å². The number of halogens is 2. The Hall–Kier alpha value is -1.97. The number of carbonyl (C=O) groups excluding carboxylic acids is 1. The summed E-state index contributed by atoms with van der Waals surface area (Å²) < 4.78 is 26.7. The van der Waals surface area contributed by atoms with Crippen molar-refractivity contribution >= 4 is 55.6 Å². The Kier molecular flexibility index (Phi) is 6.64. The van der Waals surface area contributed by atoms with Crippen molar-refractivity contribution in [2.45, 2.75) is 24.2 Å². The van der Waals surface area contributed by atoms with Crippen LogP contribution in [0.5, 0.6) is 0 Å². The zero-order chi connectivity index (χ0) is 22.0. The molecule has 3 aromatic rings. The first-order valence-electron chi connectivity index (χ1n) is 9.63. The molecule has 2 heterocycles. The van der Waals surface area contributed by atoms with Gasteiger partial charge < -0.3 is 0 Å². The lowest BCUT2D eigenvalue weighted by molar-refractivity contribution is 0.102. The minimum atomic E-state index is -3.50. The molecule has 1 N–H and O–H groups in total. The van der Waals surface area contributed by atoms with Crippen LogP contribution in [-0.4, -0.2) is 36.7 Å². The Morgan fingerprint density at radius 2 is 1.81 bits per heavy atom. The Morgan fingerprint density at radius 3 is 2.52 bits per heavy atom. The first kappa shape index (κ1) is 22.2. The molecule has 0 atom stereocenters. The zero-order valence-electron chi connectivity index (χ0n) is 16.3. The topological polar surface area (TPSA) is 79.4 Å². The second-order valence-electron chi connectivity index (χ2n) is 7.13. The molecular formula is C21H19Cl2N3O3S2. The molecule has 1 fully saturated rings. The van der Waals surface area contributed by atoms with Gasteiger partial charge in [-0.05, 0) is 60.9 Å². The van der Waals surface area contributed by atoms with E-state index in [9.17, 15) is 13.2 Å². The molecule has 0 bridgehead atoms. The number of nitrogens with zero attached hydrogens (tertiary/aromatic N) is 2. The third-order valence-electron chi connectivity index (χ3n) is 4.97. The van der Waals surface area contributed by atoms with Gasteiger partial charge in [0.05, 0.1) is 4.90 Å². The van der Waals surface area contributed by atoms with Crippen molar-refractivity contribution in [2.24, 2.45) is 0 Å². The van der Waals surface area contributed by atoms with Crippen molar-refractivity contribution in [2.75, 3.05) is 18.4 Å². The molecule has 0 saturated carbocycles. The molecule has 0 radical (unpaired) electrons. The highest BCUT2D eigenvalue weighted by Gasteiger charge is 2.27. The van der Waals surface area contributed by atoms with Crippen LogP contribution in [-0.2, 0) is 16.4 Å². The maximum atomic E-state index is 12.6. The number of benzene rings is 2. The first-order chi connectivity index (χ1) is 14.8. The number of amides is 1. The SMILES string of the molecule is O=C(Nc1ncc(Cc2cc(Cl)ccc2Cl)s1)c1ccc(S(=O)(=O)N2CCCC2)cc1. The van der Waals surface area contributed by atoms with Crippen LogP contribution in [0.15, 0.2) is 53.6 Å². The predicted molar refractivity (Wildman–Crippen MR) is 124 cm³/mol. The van der Waals surface area contributed by atoms with Crippen LogP contribution >= 0.6 is 34.5 Å². The summed E-state index contributed by atoms with van der Waals surface area (Å²) in [5.74, 6) is -0.355. The van der Waals surface area contributed by atoms with E-state index in [0.717, 1.165) is 23.3 Å². The summed E-state index contributed by atoms with van der Waals surface area (Å²) >= 11 is 13.6. The number of hydrogen-bond donors (Lipinski definition) is 1. The van der Waals surface area contributed by atoms with Crippen molar-refractivity contribution in [1.29, 1.82) is 0 Å². The molecule has 6 nitrogen and oxygen atoms in total. The van der Waals surface area contributed by atoms with E-state index in [-0.39, 0.29) is 10.8 Å². The van der Waals surface area contributed by atoms with Crippen molar-refractivity contribution < 1.29 is 13.2 Å². The molecule has 1 amide bonds. The summed E-state index contributed by atoms with van der Waals surface area (Å²) in [6.45, 7) is 1.08. The van der Waals surface area contributed by atoms with E-state index >= 15 is 0 Å². The lowest BCUT2D eigenvalue weighted by Gasteiger charge is -2.15. The van der Waals surface area contributed by atoms with Crippen molar-refractivity contribution in [3.05, 3.63) is 74.7 Å². The van der Waals surface area contributed by atoms with Crippen LogP contribution in [0.3, 0.4) is 0 Å². The number of hydrogen-bond acceptors (Lipinski definition) is 5. The molecule has 1 saturated heterocycles. The van der Waals surface area contributed by atoms with Crippen molar-refractivity contribution in [3.8, 4) is 0 Å². The molecule has 1 aliphatic heterocycles. The highest BCUT2D eigenvalue weighted by molar-refractivity contribution is 7.89. The van der Waals surface area contributed by atoms with E-state index in [4.69, 9.17) is 23.2 Å². The quantitative estimate of drug-likeness (QED) is 0.517. The van der Waals surface area contributed by atoms with Gasteiger partial charge in [-0.15, -0.1) is 11.3 Å². The van der Waals surface area contributed by atoms with Gasteiger partial charge in [0, 0.05) is 46.2 Å². The molecule has 0 aliphatic carbocycles. The fourth-order valence-electron chi connectivity index (χ4n) is 3.34. The maximum absolute atomic E-state index is 12.6. The molecule has 0 spiro atoms. The fourth-order valence-corrected chi connectivity index (χ4v) is 6.07. The van der Waals surface area contributed by atoms with Gasteiger partial charge in [0.1, 0.15) is 0 Å². The van der Waals surface area contributed by atoms with E-state index in [1.165, 1.54) is 39.9 Å². The standard InChI is InChI=1S/C21H19Cl2N3O3S2/c22-16-5-8-19(23)15(11-16)12-17-13-24-21(30-17)25-20(27)14-3-6-18(7-4-14)31(28,29)26-9-1-2-10-26/h3-8,11,13H,1-2,9-10,12H2,(H,24,25,27). The molecule has 31 heavy (non-hydrogen) atoms. The van der Waals surface area contributed by atoms with Gasteiger partial charge in [-0.2, -0.15) is 4.31 Å². The second-order valence-corrected chi connectivity index (χ2v) is 11.0. The predicted octanol–water partition coefficient (Wildman–Crippen LogP) is 5.08. The second kappa shape index (κ2) is 9.26. The monoisotopic (exact) mass is 495 g/mol. The number of rotatable bonds is 6. The van der Waals surface area contributed by atoms with Gasteiger partial charge in [-0.25, -0.2) is 13.4 Å². The van der Waals surface area contributed by atoms with Gasteiger partial charge in [0.25, 0.3) is 5.91 Å². The van der Waals surface area contributed by atoms with Gasteiger partial charge >= 0.3 is 0 Å². The highest BCUT2D eigenvalue weighted by atomic mass is 35.5. The Labute approximate surface area is 194 Å². The molecule has 1 aromatic heterocycles. The molecular weight excluding hydrogens is 477 g/mol. The zero-order valence-corrected chi connectivity index (χ0v) is 19.5. The van der Waals surface area contributed by atoms with Crippen LogP contribution in [0.2, 0.25) is 10.0 Å². The van der Waals surface area contributed by atoms with Crippen LogP contribution < -0.4 is 5.32 Å². The summed E-state index contributed by atoms with van der Waals surface area (Å²) in [4.78, 5) is 17.9. The first-order valence-corrected chi connectivity index (χ1v) is 12.6. The molecule has 4 rings (SSSR count). The number of anilines is 1. The van der Waals surface area contributed by atoms with Gasteiger partial charge in [0.15, 0.2) is 5.13 Å². The summed E-state index contributed by atoms with van der Waals surface area (Å²) in [7, 11) is -3.50. The third-order valence-corrected chi connectivity index (χ3v) is 8.40. The minimum absolute atomic E-state index is 0.195. The summed E-state index contributed by atoms with van der Waals surface area (Å²) in [5, 5.41) is 4.43. The van der Waals surface area contributed by atoms with Crippen LogP contribution in [0.25, 0.3) is 0 Å². The normalized spacial score (nSPS) is 14.6. The third kappa shape index (κ3) is 5.10. The van der Waals surface area contributed by atoms with Gasteiger partial charge in [0.2, 0.25) is 10.0 Å². The maximum Gasteiger partial charge on any atom is 0.257 e. The fraction of sp³-hybridized carbons (Fsp3) is 0.238. The molecule has 10 heteroatoms. The Bertz CT molecular complexity index is 1200.